The van der Waals surface area contributed by atoms with Crippen LogP contribution in [0.1, 0.15) is 27.2 Å². The molecule has 1 aliphatic rings. The Morgan fingerprint density at radius 1 is 0.967 bits per heavy atom. The summed E-state index contributed by atoms with van der Waals surface area (Å²) in [5.41, 5.74) is 4.07. The van der Waals surface area contributed by atoms with Crippen LogP contribution in [0.25, 0.3) is 0 Å². The molecule has 0 saturated carbocycles. The molecule has 0 atom stereocenters. The number of nitrogens with zero attached hydrogens (tertiary/aromatic N) is 3. The summed E-state index contributed by atoms with van der Waals surface area (Å²) in [6.07, 6.45) is 1.82. The molecule has 1 aliphatic heterocycles. The number of aromatic nitrogens is 1. The van der Waals surface area contributed by atoms with Crippen LogP contribution in [0.2, 0.25) is 0 Å². The number of hydrogen-bond acceptors (Lipinski definition) is 4. The number of carbonyl (C=O) groups excluding carboxylic acids is 1. The Morgan fingerprint density at radius 3 is 2.57 bits per heavy atom. The summed E-state index contributed by atoms with van der Waals surface area (Å²) in [7, 11) is 0. The lowest BCUT2D eigenvalue weighted by Crippen LogP contribution is -2.48. The number of benzene rings is 2. The minimum atomic E-state index is 0.0634. The monoisotopic (exact) mass is 401 g/mol. The summed E-state index contributed by atoms with van der Waals surface area (Å²) in [4.78, 5) is 21.6. The maximum Gasteiger partial charge on any atom is 0.254 e. The zero-order valence-electron chi connectivity index (χ0n) is 17.3. The molecule has 0 spiro atoms. The number of piperazine rings is 1. The molecule has 30 heavy (non-hydrogen) atoms. The summed E-state index contributed by atoms with van der Waals surface area (Å²) in [6.45, 7) is 6.54. The lowest BCUT2D eigenvalue weighted by atomic mass is 10.1. The first-order chi connectivity index (χ1) is 14.7. The van der Waals surface area contributed by atoms with Crippen LogP contribution in [0.3, 0.4) is 0 Å². The van der Waals surface area contributed by atoms with E-state index in [0.29, 0.717) is 12.2 Å². The van der Waals surface area contributed by atoms with Crippen molar-refractivity contribution < 1.29 is 9.53 Å². The zero-order chi connectivity index (χ0) is 20.8. The Labute approximate surface area is 177 Å². The largest absolute Gasteiger partial charge is 0.489 e. The third kappa shape index (κ3) is 5.24. The molecule has 5 heteroatoms. The van der Waals surface area contributed by atoms with Gasteiger partial charge in [-0.15, -0.1) is 0 Å². The molecule has 1 amide bonds. The van der Waals surface area contributed by atoms with Gasteiger partial charge in [-0.2, -0.15) is 0 Å². The molecule has 0 aliphatic carbocycles. The van der Waals surface area contributed by atoms with E-state index in [1.807, 2.05) is 65.7 Å². The summed E-state index contributed by atoms with van der Waals surface area (Å²) < 4.78 is 5.92. The molecule has 2 heterocycles. The van der Waals surface area contributed by atoms with Crippen LogP contribution in [0.4, 0.5) is 0 Å². The van der Waals surface area contributed by atoms with E-state index in [9.17, 15) is 4.79 Å². The molecule has 0 bridgehead atoms. The number of aryl methyl sites for hydroxylation is 1. The normalized spacial score (nSPS) is 14.5. The van der Waals surface area contributed by atoms with Gasteiger partial charge in [0.2, 0.25) is 0 Å². The van der Waals surface area contributed by atoms with Gasteiger partial charge in [-0.25, -0.2) is 0 Å². The molecule has 4 rings (SSSR count). The van der Waals surface area contributed by atoms with Crippen molar-refractivity contribution in [1.29, 1.82) is 0 Å². The summed E-state index contributed by atoms with van der Waals surface area (Å²) in [5, 5.41) is 0. The van der Waals surface area contributed by atoms with E-state index in [1.54, 1.807) is 0 Å². The average Bonchev–Trinajstić information content (AvgIpc) is 2.79. The predicted octanol–water partition coefficient (Wildman–Crippen LogP) is 3.93. The maximum atomic E-state index is 13.0. The number of hydrogen-bond donors (Lipinski definition) is 0. The van der Waals surface area contributed by atoms with Crippen molar-refractivity contribution in [2.75, 3.05) is 26.2 Å². The molecule has 154 valence electrons. The molecule has 1 saturated heterocycles. The van der Waals surface area contributed by atoms with E-state index in [1.165, 1.54) is 5.56 Å². The number of amides is 1. The molecule has 3 aromatic rings. The van der Waals surface area contributed by atoms with Gasteiger partial charge < -0.3 is 9.64 Å². The summed E-state index contributed by atoms with van der Waals surface area (Å²) >= 11 is 0. The van der Waals surface area contributed by atoms with Gasteiger partial charge in [0.15, 0.2) is 0 Å². The first-order valence-corrected chi connectivity index (χ1v) is 10.4. The van der Waals surface area contributed by atoms with Crippen molar-refractivity contribution >= 4 is 5.91 Å². The topological polar surface area (TPSA) is 45.7 Å². The molecular formula is C25H27N3O2. The van der Waals surface area contributed by atoms with Gasteiger partial charge in [0.05, 0.1) is 5.69 Å². The Kier molecular flexibility index (Phi) is 6.40. The van der Waals surface area contributed by atoms with Crippen LogP contribution in [-0.4, -0.2) is 46.9 Å². The van der Waals surface area contributed by atoms with E-state index in [4.69, 9.17) is 4.74 Å². The van der Waals surface area contributed by atoms with Gasteiger partial charge in [0, 0.05) is 44.5 Å². The molecule has 5 nitrogen and oxygen atoms in total. The second-order valence-electron chi connectivity index (χ2n) is 7.69. The standard InChI is InChI=1S/C25H27N3O2/c1-20-6-4-7-21(16-20)19-30-24-10-5-8-22(17-24)25(29)28-14-12-27(13-15-28)18-23-9-2-3-11-26-23/h2-11,16-17H,12-15,18-19H2,1H3. The summed E-state index contributed by atoms with van der Waals surface area (Å²) in [5.74, 6) is 0.782. The van der Waals surface area contributed by atoms with Gasteiger partial charge >= 0.3 is 0 Å². The van der Waals surface area contributed by atoms with Crippen LogP contribution < -0.4 is 4.74 Å². The van der Waals surface area contributed by atoms with E-state index >= 15 is 0 Å². The van der Waals surface area contributed by atoms with Crippen molar-refractivity contribution in [1.82, 2.24) is 14.8 Å². The van der Waals surface area contributed by atoms with Crippen LogP contribution in [0, 0.1) is 6.92 Å². The van der Waals surface area contributed by atoms with E-state index < -0.39 is 0 Å². The van der Waals surface area contributed by atoms with Crippen molar-refractivity contribution in [3.63, 3.8) is 0 Å². The third-order valence-electron chi connectivity index (χ3n) is 5.34. The highest BCUT2D eigenvalue weighted by molar-refractivity contribution is 5.94. The number of ether oxygens (including phenoxy) is 1. The lowest BCUT2D eigenvalue weighted by Gasteiger charge is -2.34. The summed E-state index contributed by atoms with van der Waals surface area (Å²) in [6, 6.07) is 21.7. The Morgan fingerprint density at radius 2 is 1.80 bits per heavy atom. The lowest BCUT2D eigenvalue weighted by molar-refractivity contribution is 0.0626. The Hall–Kier alpha value is -3.18. The van der Waals surface area contributed by atoms with Crippen LogP contribution >= 0.6 is 0 Å². The van der Waals surface area contributed by atoms with Gasteiger partial charge in [-0.1, -0.05) is 42.0 Å². The number of carbonyl (C=O) groups is 1. The fourth-order valence-electron chi connectivity index (χ4n) is 3.70. The SMILES string of the molecule is Cc1cccc(COc2cccc(C(=O)N3CCN(Cc4ccccn4)CC3)c2)c1. The molecular weight excluding hydrogens is 374 g/mol. The van der Waals surface area contributed by atoms with E-state index in [-0.39, 0.29) is 5.91 Å². The highest BCUT2D eigenvalue weighted by Gasteiger charge is 2.22. The Bertz CT molecular complexity index is 982. The van der Waals surface area contributed by atoms with Crippen molar-refractivity contribution in [2.45, 2.75) is 20.1 Å². The highest BCUT2D eigenvalue weighted by Crippen LogP contribution is 2.18. The molecule has 1 fully saturated rings. The number of pyridine rings is 1. The molecule has 0 N–H and O–H groups in total. The first kappa shape index (κ1) is 20.1. The minimum absolute atomic E-state index is 0.0634. The van der Waals surface area contributed by atoms with Gasteiger partial charge in [0.25, 0.3) is 5.91 Å². The van der Waals surface area contributed by atoms with Crippen LogP contribution in [0.15, 0.2) is 72.9 Å². The Balaban J connectivity index is 1.32. The third-order valence-corrected chi connectivity index (χ3v) is 5.34. The van der Waals surface area contributed by atoms with Gasteiger partial charge in [-0.3, -0.25) is 14.7 Å². The zero-order valence-corrected chi connectivity index (χ0v) is 17.3. The first-order valence-electron chi connectivity index (χ1n) is 10.4. The molecule has 1 aromatic heterocycles. The van der Waals surface area contributed by atoms with Crippen molar-refractivity contribution in [2.24, 2.45) is 0 Å². The van der Waals surface area contributed by atoms with Crippen molar-refractivity contribution in [3.8, 4) is 5.75 Å². The number of rotatable bonds is 6. The molecule has 2 aromatic carbocycles. The fraction of sp³-hybridized carbons (Fsp3) is 0.280. The fourth-order valence-corrected chi connectivity index (χ4v) is 3.70. The van der Waals surface area contributed by atoms with Crippen LogP contribution in [0.5, 0.6) is 5.75 Å². The molecule has 0 unspecified atom stereocenters. The van der Waals surface area contributed by atoms with Gasteiger partial charge in [-0.05, 0) is 42.8 Å². The van der Waals surface area contributed by atoms with E-state index in [2.05, 4.69) is 28.9 Å². The second kappa shape index (κ2) is 9.55. The average molecular weight is 402 g/mol. The smallest absolute Gasteiger partial charge is 0.254 e. The van der Waals surface area contributed by atoms with Crippen molar-refractivity contribution in [3.05, 3.63) is 95.3 Å². The maximum absolute atomic E-state index is 13.0. The predicted molar refractivity (Wildman–Crippen MR) is 117 cm³/mol. The second-order valence-corrected chi connectivity index (χ2v) is 7.69. The minimum Gasteiger partial charge on any atom is -0.489 e. The quantitative estimate of drug-likeness (QED) is 0.628. The van der Waals surface area contributed by atoms with Crippen LogP contribution in [-0.2, 0) is 13.2 Å². The van der Waals surface area contributed by atoms with Gasteiger partial charge in [0.1, 0.15) is 12.4 Å². The highest BCUT2D eigenvalue weighted by atomic mass is 16.5. The van der Waals surface area contributed by atoms with E-state index in [0.717, 1.165) is 49.7 Å². The molecule has 0 radical (unpaired) electrons.